The molecule has 1 N–H and O–H groups in total. The summed E-state index contributed by atoms with van der Waals surface area (Å²) in [6.07, 6.45) is 7.35. The molecule has 33 heavy (non-hydrogen) atoms. The number of carboxylic acids is 1. The van der Waals surface area contributed by atoms with E-state index in [1.165, 1.54) is 23.5 Å². The van der Waals surface area contributed by atoms with Crippen LogP contribution < -0.4 is 14.9 Å². The number of carbonyl (C=O) groups is 2. The lowest BCUT2D eigenvalue weighted by Crippen LogP contribution is -3.15. The number of halogens is 1. The molecule has 182 valence electrons. The van der Waals surface area contributed by atoms with E-state index in [-0.39, 0.29) is 30.0 Å². The van der Waals surface area contributed by atoms with Gasteiger partial charge in [0.05, 0.1) is 32.7 Å². The Labute approximate surface area is 196 Å². The third-order valence-corrected chi connectivity index (χ3v) is 8.12. The summed E-state index contributed by atoms with van der Waals surface area (Å²) < 4.78 is 13.2. The van der Waals surface area contributed by atoms with Gasteiger partial charge >= 0.3 is 0 Å². The maximum atomic E-state index is 13.2. The number of anilines is 1. The van der Waals surface area contributed by atoms with Crippen LogP contribution in [0.1, 0.15) is 51.4 Å². The van der Waals surface area contributed by atoms with Crippen LogP contribution in [-0.4, -0.2) is 62.6 Å². The first-order valence-corrected chi connectivity index (χ1v) is 12.8. The summed E-state index contributed by atoms with van der Waals surface area (Å²) in [5.41, 5.74) is 1.06. The standard InChI is InChI=1S/C26H38FN3O3/c27-23-6-8-24(9-7-23)29-16-14-28(15-17-29)12-10-22-19-30(13-11-21(22)18-25(31)32)26(33)20-4-2-1-3-5-20/h6-9,20-22H,1-5,10-19H2,(H,31,32)/t21-,22-/m0/s1. The van der Waals surface area contributed by atoms with Crippen LogP contribution in [0.15, 0.2) is 24.3 Å². The molecule has 1 aromatic carbocycles. The Balaban J connectivity index is 1.29. The average Bonchev–Trinajstić information content (AvgIpc) is 2.84. The van der Waals surface area contributed by atoms with Gasteiger partial charge in [-0.1, -0.05) is 19.3 Å². The van der Waals surface area contributed by atoms with Gasteiger partial charge < -0.3 is 24.6 Å². The second-order valence-corrected chi connectivity index (χ2v) is 10.3. The lowest BCUT2D eigenvalue weighted by atomic mass is 9.80. The number of quaternary nitrogens is 1. The van der Waals surface area contributed by atoms with E-state index in [4.69, 9.17) is 0 Å². The van der Waals surface area contributed by atoms with E-state index in [2.05, 4.69) is 4.90 Å². The number of aliphatic carboxylic acids is 1. The number of rotatable bonds is 7. The van der Waals surface area contributed by atoms with E-state index in [1.807, 2.05) is 17.0 Å². The van der Waals surface area contributed by atoms with Gasteiger partial charge in [-0.25, -0.2) is 4.39 Å². The number of nitrogens with zero attached hydrogens (tertiary/aromatic N) is 2. The molecule has 0 radical (unpaired) electrons. The Kier molecular flexibility index (Phi) is 8.23. The number of amides is 1. The number of hydrogen-bond acceptors (Lipinski definition) is 4. The molecule has 0 spiro atoms. The quantitative estimate of drug-likeness (QED) is 0.663. The predicted octanol–water partition coefficient (Wildman–Crippen LogP) is 1.11. The second kappa shape index (κ2) is 11.3. The van der Waals surface area contributed by atoms with Crippen molar-refractivity contribution < 1.29 is 24.0 Å². The van der Waals surface area contributed by atoms with Crippen molar-refractivity contribution in [1.29, 1.82) is 0 Å². The van der Waals surface area contributed by atoms with E-state index >= 15 is 0 Å². The van der Waals surface area contributed by atoms with Crippen molar-refractivity contribution in [3.8, 4) is 0 Å². The topological polar surface area (TPSA) is 68.1 Å². The smallest absolute Gasteiger partial charge is 0.225 e. The molecule has 3 aliphatic rings. The summed E-state index contributed by atoms with van der Waals surface area (Å²) in [4.78, 5) is 30.3. The number of likely N-dealkylation sites (tertiary alicyclic amines) is 1. The molecule has 1 amide bonds. The van der Waals surface area contributed by atoms with Crippen molar-refractivity contribution in [1.82, 2.24) is 4.90 Å². The number of piperidine rings is 1. The Hall–Kier alpha value is -2.15. The number of carboxylic acid groups (broad SMARTS) is 1. The Bertz CT molecular complexity index is 788. The third-order valence-electron chi connectivity index (χ3n) is 8.12. The molecule has 2 atom stereocenters. The van der Waals surface area contributed by atoms with Crippen LogP contribution in [0.2, 0.25) is 0 Å². The van der Waals surface area contributed by atoms with Gasteiger partial charge in [-0.2, -0.15) is 0 Å². The fraction of sp³-hybridized carbons (Fsp3) is 0.692. The lowest BCUT2D eigenvalue weighted by Gasteiger charge is -2.41. The van der Waals surface area contributed by atoms with Gasteiger partial charge in [0.15, 0.2) is 0 Å². The minimum atomic E-state index is -0.975. The summed E-state index contributed by atoms with van der Waals surface area (Å²) in [6, 6.07) is 6.69. The first-order chi connectivity index (χ1) is 16.0. The Morgan fingerprint density at radius 3 is 2.33 bits per heavy atom. The van der Waals surface area contributed by atoms with Crippen LogP contribution in [0.25, 0.3) is 0 Å². The highest BCUT2D eigenvalue weighted by molar-refractivity contribution is 5.79. The summed E-state index contributed by atoms with van der Waals surface area (Å²) in [5.74, 6) is -0.388. The van der Waals surface area contributed by atoms with Crippen LogP contribution in [-0.2, 0) is 9.59 Å². The van der Waals surface area contributed by atoms with Crippen molar-refractivity contribution in [2.75, 3.05) is 50.7 Å². The minimum absolute atomic E-state index is 0.101. The summed E-state index contributed by atoms with van der Waals surface area (Å²) in [5, 5.41) is 11.3. The van der Waals surface area contributed by atoms with E-state index < -0.39 is 5.97 Å². The molecule has 4 rings (SSSR count). The van der Waals surface area contributed by atoms with Gasteiger partial charge in [0.2, 0.25) is 5.91 Å². The summed E-state index contributed by atoms with van der Waals surface area (Å²) in [6.45, 7) is 6.27. The van der Waals surface area contributed by atoms with Gasteiger partial charge in [0.1, 0.15) is 5.82 Å². The Morgan fingerprint density at radius 1 is 0.970 bits per heavy atom. The zero-order valence-corrected chi connectivity index (χ0v) is 19.6. The molecule has 1 saturated carbocycles. The van der Waals surface area contributed by atoms with Crippen LogP contribution in [0.4, 0.5) is 10.1 Å². The van der Waals surface area contributed by atoms with E-state index in [1.54, 1.807) is 0 Å². The summed E-state index contributed by atoms with van der Waals surface area (Å²) >= 11 is 0. The minimum Gasteiger partial charge on any atom is -0.550 e. The number of hydrogen-bond donors (Lipinski definition) is 1. The maximum Gasteiger partial charge on any atom is 0.225 e. The van der Waals surface area contributed by atoms with Crippen molar-refractivity contribution in [2.24, 2.45) is 17.8 Å². The van der Waals surface area contributed by atoms with Gasteiger partial charge in [-0.05, 0) is 61.8 Å². The zero-order valence-electron chi connectivity index (χ0n) is 19.6. The SMILES string of the molecule is O=C([O-])C[C@@H]1CCN(C(=O)C2CCCCC2)C[C@@H]1CC[NH+]1CCN(c2ccc(F)cc2)CC1. The normalized spacial score (nSPS) is 25.2. The first kappa shape index (κ1) is 24.0. The highest BCUT2D eigenvalue weighted by atomic mass is 19.1. The highest BCUT2D eigenvalue weighted by Crippen LogP contribution is 2.32. The van der Waals surface area contributed by atoms with Crippen LogP contribution >= 0.6 is 0 Å². The van der Waals surface area contributed by atoms with Crippen molar-refractivity contribution in [2.45, 2.75) is 51.4 Å². The third kappa shape index (κ3) is 6.46. The number of benzene rings is 1. The Morgan fingerprint density at radius 2 is 1.67 bits per heavy atom. The van der Waals surface area contributed by atoms with Crippen LogP contribution in [0.3, 0.4) is 0 Å². The molecule has 0 bridgehead atoms. The molecular formula is C26H38FN3O3. The molecular weight excluding hydrogens is 421 g/mol. The fourth-order valence-electron chi connectivity index (χ4n) is 6.07. The van der Waals surface area contributed by atoms with Gasteiger partial charge in [-0.15, -0.1) is 0 Å². The van der Waals surface area contributed by atoms with Gasteiger partial charge in [0.25, 0.3) is 0 Å². The van der Waals surface area contributed by atoms with E-state index in [0.29, 0.717) is 19.0 Å². The zero-order chi connectivity index (χ0) is 23.2. The molecule has 6 nitrogen and oxygen atoms in total. The number of piperazine rings is 1. The van der Waals surface area contributed by atoms with Crippen molar-refractivity contribution >= 4 is 17.6 Å². The largest absolute Gasteiger partial charge is 0.550 e. The highest BCUT2D eigenvalue weighted by Gasteiger charge is 2.35. The summed E-state index contributed by atoms with van der Waals surface area (Å²) in [7, 11) is 0. The molecule has 3 fully saturated rings. The molecule has 2 saturated heterocycles. The molecule has 0 unspecified atom stereocenters. The van der Waals surface area contributed by atoms with Gasteiger partial charge in [0, 0.05) is 37.1 Å². The van der Waals surface area contributed by atoms with Crippen molar-refractivity contribution in [3.63, 3.8) is 0 Å². The number of carbonyl (C=O) groups excluding carboxylic acids is 2. The van der Waals surface area contributed by atoms with Gasteiger partial charge in [-0.3, -0.25) is 4.79 Å². The lowest BCUT2D eigenvalue weighted by molar-refractivity contribution is -0.901. The number of nitrogens with one attached hydrogen (secondary N) is 1. The predicted molar refractivity (Wildman–Crippen MR) is 123 cm³/mol. The van der Waals surface area contributed by atoms with Crippen LogP contribution in [0.5, 0.6) is 0 Å². The fourth-order valence-corrected chi connectivity index (χ4v) is 6.07. The van der Waals surface area contributed by atoms with E-state index in [9.17, 15) is 19.1 Å². The molecule has 1 aromatic rings. The molecule has 0 aromatic heterocycles. The average molecular weight is 460 g/mol. The van der Waals surface area contributed by atoms with Crippen LogP contribution in [0, 0.1) is 23.6 Å². The molecule has 7 heteroatoms. The van der Waals surface area contributed by atoms with Crippen molar-refractivity contribution in [3.05, 3.63) is 30.1 Å². The first-order valence-electron chi connectivity index (χ1n) is 12.8. The monoisotopic (exact) mass is 459 g/mol. The second-order valence-electron chi connectivity index (χ2n) is 10.3. The molecule has 1 aliphatic carbocycles. The molecule has 2 aliphatic heterocycles. The molecule has 2 heterocycles. The maximum absolute atomic E-state index is 13.2. The van der Waals surface area contributed by atoms with E-state index in [0.717, 1.165) is 76.9 Å².